The molecule has 0 radical (unpaired) electrons. The van der Waals surface area contributed by atoms with Gasteiger partial charge in [-0.25, -0.2) is 0 Å². The second kappa shape index (κ2) is 7.35. The van der Waals surface area contributed by atoms with E-state index in [2.05, 4.69) is 27.3 Å². The molecule has 0 spiro atoms. The van der Waals surface area contributed by atoms with Crippen LogP contribution in [0.3, 0.4) is 0 Å². The number of hydrogen-bond acceptors (Lipinski definition) is 3. The maximum atomic E-state index is 13.2. The number of rotatable bonds is 4. The molecule has 0 bridgehead atoms. The molecule has 2 atom stereocenters. The third-order valence-corrected chi connectivity index (χ3v) is 6.06. The van der Waals surface area contributed by atoms with Crippen molar-refractivity contribution >= 4 is 22.5 Å². The number of carbonyl (C=O) groups excluding carboxylic acids is 1. The van der Waals surface area contributed by atoms with Gasteiger partial charge in [-0.1, -0.05) is 31.2 Å². The molecule has 5 rings (SSSR count). The first-order valence-corrected chi connectivity index (χ1v) is 10.3. The first kappa shape index (κ1) is 17.9. The lowest BCUT2D eigenvalue weighted by molar-refractivity contribution is -0.136. The predicted octanol–water partition coefficient (Wildman–Crippen LogP) is 3.80. The lowest BCUT2D eigenvalue weighted by Crippen LogP contribution is -2.42. The number of carbonyl (C=O) groups is 1. The topological polar surface area (TPSA) is 66.3 Å². The summed E-state index contributed by atoms with van der Waals surface area (Å²) in [5.41, 5.74) is 3.19. The van der Waals surface area contributed by atoms with Crippen molar-refractivity contribution < 1.29 is 4.79 Å². The second-order valence-corrected chi connectivity index (χ2v) is 8.08. The van der Waals surface area contributed by atoms with Gasteiger partial charge < -0.3 is 9.88 Å². The average molecular weight is 387 g/mol. The van der Waals surface area contributed by atoms with Crippen LogP contribution in [0.5, 0.6) is 0 Å². The molecule has 6 heteroatoms. The number of pyridine rings is 1. The van der Waals surface area contributed by atoms with Gasteiger partial charge in [-0.15, -0.1) is 10.2 Å². The SMILES string of the molecule is C[C@H](Cc1c[nH]c2ccccc12)C(=O)N1CCC[C@H](c2nnc3ccccn23)C1. The standard InChI is InChI=1S/C23H25N5O/c1-16(13-18-14-24-20-9-3-2-8-19(18)20)23(29)27-11-6-7-17(15-27)22-26-25-21-10-4-5-12-28(21)22/h2-5,8-10,12,14,16-17,24H,6-7,11,13,15H2,1H3/t16-,17+/m1/s1. The summed E-state index contributed by atoms with van der Waals surface area (Å²) in [6, 6.07) is 14.2. The molecular formula is C23H25N5O. The van der Waals surface area contributed by atoms with Gasteiger partial charge in [-0.05, 0) is 43.0 Å². The third-order valence-electron chi connectivity index (χ3n) is 6.06. The van der Waals surface area contributed by atoms with Gasteiger partial charge in [-0.3, -0.25) is 9.20 Å². The van der Waals surface area contributed by atoms with E-state index in [4.69, 9.17) is 0 Å². The van der Waals surface area contributed by atoms with Crippen LogP contribution < -0.4 is 0 Å². The number of piperidine rings is 1. The van der Waals surface area contributed by atoms with E-state index in [1.165, 1.54) is 10.9 Å². The number of hydrogen-bond donors (Lipinski definition) is 1. The summed E-state index contributed by atoms with van der Waals surface area (Å²) in [6.45, 7) is 3.58. The summed E-state index contributed by atoms with van der Waals surface area (Å²) in [5.74, 6) is 1.37. The number of aromatic amines is 1. The fraction of sp³-hybridized carbons (Fsp3) is 0.348. The molecule has 1 saturated heterocycles. The molecule has 0 unspecified atom stereocenters. The quantitative estimate of drug-likeness (QED) is 0.579. The molecular weight excluding hydrogens is 362 g/mol. The smallest absolute Gasteiger partial charge is 0.225 e. The number of nitrogens with one attached hydrogen (secondary N) is 1. The highest BCUT2D eigenvalue weighted by Gasteiger charge is 2.30. The van der Waals surface area contributed by atoms with E-state index in [0.29, 0.717) is 6.54 Å². The Labute approximate surface area is 169 Å². The van der Waals surface area contributed by atoms with Crippen LogP contribution >= 0.6 is 0 Å². The molecule has 29 heavy (non-hydrogen) atoms. The summed E-state index contributed by atoms with van der Waals surface area (Å²) < 4.78 is 2.05. The summed E-state index contributed by atoms with van der Waals surface area (Å²) in [6.07, 6.45) is 6.83. The zero-order valence-electron chi connectivity index (χ0n) is 16.6. The first-order chi connectivity index (χ1) is 14.2. The van der Waals surface area contributed by atoms with Gasteiger partial charge >= 0.3 is 0 Å². The number of benzene rings is 1. The number of para-hydroxylation sites is 1. The van der Waals surface area contributed by atoms with Crippen molar-refractivity contribution in [2.75, 3.05) is 13.1 Å². The highest BCUT2D eigenvalue weighted by atomic mass is 16.2. The monoisotopic (exact) mass is 387 g/mol. The number of amides is 1. The van der Waals surface area contributed by atoms with Gasteiger partial charge in [-0.2, -0.15) is 0 Å². The Balaban J connectivity index is 1.31. The van der Waals surface area contributed by atoms with E-state index in [-0.39, 0.29) is 17.7 Å². The number of likely N-dealkylation sites (tertiary alicyclic amines) is 1. The number of nitrogens with zero attached hydrogens (tertiary/aromatic N) is 4. The van der Waals surface area contributed by atoms with E-state index in [0.717, 1.165) is 42.8 Å². The second-order valence-electron chi connectivity index (χ2n) is 8.08. The third kappa shape index (κ3) is 3.28. The van der Waals surface area contributed by atoms with Crippen molar-refractivity contribution in [1.29, 1.82) is 0 Å². The molecule has 1 fully saturated rings. The Morgan fingerprint density at radius 2 is 2.07 bits per heavy atom. The van der Waals surface area contributed by atoms with Gasteiger partial charge in [0, 0.05) is 48.2 Å². The van der Waals surface area contributed by atoms with Crippen LogP contribution in [-0.4, -0.2) is 43.5 Å². The van der Waals surface area contributed by atoms with Crippen molar-refractivity contribution in [2.24, 2.45) is 5.92 Å². The van der Waals surface area contributed by atoms with Crippen LogP contribution in [0.15, 0.2) is 54.9 Å². The number of fused-ring (bicyclic) bond motifs is 2. The summed E-state index contributed by atoms with van der Waals surface area (Å²) in [4.78, 5) is 18.5. The molecule has 4 aromatic rings. The molecule has 1 N–H and O–H groups in total. The zero-order valence-corrected chi connectivity index (χ0v) is 16.6. The molecule has 0 saturated carbocycles. The van der Waals surface area contributed by atoms with E-state index in [1.807, 2.05) is 58.9 Å². The number of aromatic nitrogens is 4. The Morgan fingerprint density at radius 3 is 3.00 bits per heavy atom. The summed E-state index contributed by atoms with van der Waals surface area (Å²) in [5, 5.41) is 9.91. The fourth-order valence-corrected chi connectivity index (χ4v) is 4.56. The Hall–Kier alpha value is -3.15. The molecule has 3 aromatic heterocycles. The zero-order chi connectivity index (χ0) is 19.8. The molecule has 0 aliphatic carbocycles. The van der Waals surface area contributed by atoms with Crippen molar-refractivity contribution in [1.82, 2.24) is 24.5 Å². The van der Waals surface area contributed by atoms with Gasteiger partial charge in [0.25, 0.3) is 0 Å². The lowest BCUT2D eigenvalue weighted by atomic mass is 9.94. The normalized spacial score (nSPS) is 18.4. The molecule has 4 heterocycles. The van der Waals surface area contributed by atoms with Gasteiger partial charge in [0.05, 0.1) is 0 Å². The highest BCUT2D eigenvalue weighted by molar-refractivity contribution is 5.84. The van der Waals surface area contributed by atoms with E-state index >= 15 is 0 Å². The van der Waals surface area contributed by atoms with Gasteiger partial charge in [0.1, 0.15) is 5.82 Å². The molecule has 1 aromatic carbocycles. The largest absolute Gasteiger partial charge is 0.361 e. The van der Waals surface area contributed by atoms with Crippen LogP contribution in [-0.2, 0) is 11.2 Å². The van der Waals surface area contributed by atoms with Crippen LogP contribution in [0.1, 0.15) is 37.1 Å². The van der Waals surface area contributed by atoms with Gasteiger partial charge in [0.2, 0.25) is 5.91 Å². The minimum Gasteiger partial charge on any atom is -0.361 e. The Morgan fingerprint density at radius 1 is 1.21 bits per heavy atom. The minimum atomic E-state index is -0.0527. The average Bonchev–Trinajstić information content (AvgIpc) is 3.38. The molecule has 148 valence electrons. The highest BCUT2D eigenvalue weighted by Crippen LogP contribution is 2.28. The maximum Gasteiger partial charge on any atom is 0.225 e. The van der Waals surface area contributed by atoms with Crippen LogP contribution in [0.25, 0.3) is 16.6 Å². The van der Waals surface area contributed by atoms with Crippen LogP contribution in [0.2, 0.25) is 0 Å². The van der Waals surface area contributed by atoms with E-state index in [9.17, 15) is 4.79 Å². The minimum absolute atomic E-state index is 0.0527. The van der Waals surface area contributed by atoms with E-state index in [1.54, 1.807) is 0 Å². The molecule has 1 aliphatic rings. The van der Waals surface area contributed by atoms with Crippen molar-refractivity contribution in [3.8, 4) is 0 Å². The molecule has 6 nitrogen and oxygen atoms in total. The van der Waals surface area contributed by atoms with E-state index < -0.39 is 0 Å². The molecule has 1 amide bonds. The number of H-pyrrole nitrogens is 1. The Kier molecular flexibility index (Phi) is 4.54. The maximum absolute atomic E-state index is 13.2. The fourth-order valence-electron chi connectivity index (χ4n) is 4.56. The van der Waals surface area contributed by atoms with Crippen molar-refractivity contribution in [3.05, 3.63) is 66.2 Å². The van der Waals surface area contributed by atoms with Gasteiger partial charge in [0.15, 0.2) is 5.65 Å². The van der Waals surface area contributed by atoms with Crippen molar-refractivity contribution in [3.63, 3.8) is 0 Å². The summed E-state index contributed by atoms with van der Waals surface area (Å²) >= 11 is 0. The van der Waals surface area contributed by atoms with Crippen LogP contribution in [0.4, 0.5) is 0 Å². The summed E-state index contributed by atoms with van der Waals surface area (Å²) in [7, 11) is 0. The molecule has 1 aliphatic heterocycles. The first-order valence-electron chi connectivity index (χ1n) is 10.3. The Bertz CT molecular complexity index is 1160. The van der Waals surface area contributed by atoms with Crippen molar-refractivity contribution in [2.45, 2.75) is 32.1 Å². The predicted molar refractivity (Wildman–Crippen MR) is 113 cm³/mol. The lowest BCUT2D eigenvalue weighted by Gasteiger charge is -2.33. The van der Waals surface area contributed by atoms with Crippen LogP contribution in [0, 0.1) is 5.92 Å².